The van der Waals surface area contributed by atoms with Crippen LogP contribution in [-0.4, -0.2) is 49.4 Å². The number of benzene rings is 1. The number of carbonyl (C=O) groups excluding carboxylic acids is 2. The maximum atomic E-state index is 12.8. The fraction of sp³-hybridized carbons (Fsp3) is 0.545. The average molecular weight is 386 g/mol. The van der Waals surface area contributed by atoms with Gasteiger partial charge in [0.05, 0.1) is 12.1 Å². The van der Waals surface area contributed by atoms with Gasteiger partial charge in [-0.25, -0.2) is 0 Å². The van der Waals surface area contributed by atoms with E-state index in [0.29, 0.717) is 23.5 Å². The van der Waals surface area contributed by atoms with Crippen LogP contribution in [0.4, 0.5) is 0 Å². The summed E-state index contributed by atoms with van der Waals surface area (Å²) < 4.78 is 5.89. The third kappa shape index (κ3) is 5.35. The summed E-state index contributed by atoms with van der Waals surface area (Å²) in [5.41, 5.74) is 1.27. The molecule has 28 heavy (non-hydrogen) atoms. The Labute approximate surface area is 166 Å². The van der Waals surface area contributed by atoms with Crippen LogP contribution in [0.2, 0.25) is 0 Å². The molecule has 3 rings (SSSR count). The minimum Gasteiger partial charge on any atom is -0.460 e. The number of carbonyl (C=O) groups is 2. The molecule has 1 aromatic heterocycles. The Morgan fingerprint density at radius 2 is 1.89 bits per heavy atom. The lowest BCUT2D eigenvalue weighted by Gasteiger charge is -2.26. The smallest absolute Gasteiger partial charge is 0.255 e. The van der Waals surface area contributed by atoms with Crippen LogP contribution in [0, 0.1) is 0 Å². The molecule has 2 heterocycles. The molecule has 1 aromatic carbocycles. The third-order valence-electron chi connectivity index (χ3n) is 5.26. The molecule has 0 bridgehead atoms. The normalized spacial score (nSPS) is 14.9. The number of fused-ring (bicyclic) bond motifs is 1. The predicted molar refractivity (Wildman–Crippen MR) is 110 cm³/mol. The molecule has 1 saturated heterocycles. The topological polar surface area (TPSA) is 74.6 Å². The quantitative estimate of drug-likeness (QED) is 0.696. The summed E-state index contributed by atoms with van der Waals surface area (Å²) in [6.07, 6.45) is 6.48. The summed E-state index contributed by atoms with van der Waals surface area (Å²) in [7, 11) is 0. The van der Waals surface area contributed by atoms with E-state index in [1.807, 2.05) is 24.3 Å². The Kier molecular flexibility index (Phi) is 7.48. The Hall–Kier alpha value is -2.34. The van der Waals surface area contributed by atoms with Gasteiger partial charge >= 0.3 is 0 Å². The van der Waals surface area contributed by atoms with Gasteiger partial charge in [0.15, 0.2) is 0 Å². The summed E-state index contributed by atoms with van der Waals surface area (Å²) >= 11 is 0. The second-order valence-electron chi connectivity index (χ2n) is 7.43. The van der Waals surface area contributed by atoms with E-state index in [0.717, 1.165) is 44.3 Å². The van der Waals surface area contributed by atoms with Gasteiger partial charge in [0.25, 0.3) is 5.91 Å². The van der Waals surface area contributed by atoms with Crippen LogP contribution in [0.25, 0.3) is 11.0 Å². The fourth-order valence-electron chi connectivity index (χ4n) is 3.71. The van der Waals surface area contributed by atoms with Crippen LogP contribution in [0.5, 0.6) is 0 Å². The van der Waals surface area contributed by atoms with Gasteiger partial charge in [-0.3, -0.25) is 9.59 Å². The molecule has 2 aromatic rings. The maximum absolute atomic E-state index is 12.8. The van der Waals surface area contributed by atoms with Crippen molar-refractivity contribution < 1.29 is 14.0 Å². The highest BCUT2D eigenvalue weighted by Crippen LogP contribution is 2.27. The Morgan fingerprint density at radius 3 is 2.68 bits per heavy atom. The fourth-order valence-corrected chi connectivity index (χ4v) is 3.71. The number of unbranched alkanes of at least 4 members (excludes halogenated alkanes) is 1. The second kappa shape index (κ2) is 10.3. The number of aryl methyl sites for hydroxylation is 1. The zero-order chi connectivity index (χ0) is 19.8. The molecular formula is C22H31N3O3. The number of hydrogen-bond acceptors (Lipinski definition) is 4. The Balaban J connectivity index is 1.53. The number of para-hydroxylation sites is 1. The number of likely N-dealkylation sites (tertiary alicyclic amines) is 1. The zero-order valence-corrected chi connectivity index (χ0v) is 16.8. The number of furan rings is 1. The molecule has 2 amide bonds. The molecule has 2 N–H and O–H groups in total. The first-order chi connectivity index (χ1) is 13.7. The first-order valence-corrected chi connectivity index (χ1v) is 10.5. The van der Waals surface area contributed by atoms with Crippen LogP contribution in [0.3, 0.4) is 0 Å². The standard InChI is InChI=1S/C22H31N3O3/c1-2-3-10-19-21(17-9-5-6-11-18(17)28-19)22(27)24-16-20(26)23-12-15-25-13-7-4-8-14-25/h5-6,9,11H,2-4,7-8,10,12-16H2,1H3,(H,23,26)(H,24,27). The van der Waals surface area contributed by atoms with E-state index in [1.165, 1.54) is 19.3 Å². The molecule has 152 valence electrons. The van der Waals surface area contributed by atoms with Gasteiger partial charge in [-0.1, -0.05) is 38.0 Å². The number of rotatable bonds is 9. The Morgan fingerprint density at radius 1 is 1.11 bits per heavy atom. The summed E-state index contributed by atoms with van der Waals surface area (Å²) in [6, 6.07) is 7.55. The van der Waals surface area contributed by atoms with Gasteiger partial charge in [0.1, 0.15) is 11.3 Å². The van der Waals surface area contributed by atoms with Crippen molar-refractivity contribution in [3.8, 4) is 0 Å². The molecule has 1 aliphatic rings. The molecule has 6 heteroatoms. The van der Waals surface area contributed by atoms with E-state index in [-0.39, 0.29) is 18.4 Å². The van der Waals surface area contributed by atoms with Gasteiger partial charge in [0, 0.05) is 24.9 Å². The SMILES string of the molecule is CCCCc1oc2ccccc2c1C(=O)NCC(=O)NCCN1CCCCC1. The number of nitrogens with zero attached hydrogens (tertiary/aromatic N) is 1. The third-order valence-corrected chi connectivity index (χ3v) is 5.26. The summed E-state index contributed by atoms with van der Waals surface area (Å²) in [5, 5.41) is 6.46. The van der Waals surface area contributed by atoms with Crippen LogP contribution >= 0.6 is 0 Å². The van der Waals surface area contributed by atoms with Gasteiger partial charge in [-0.2, -0.15) is 0 Å². The molecule has 0 atom stereocenters. The van der Waals surface area contributed by atoms with Gasteiger partial charge in [-0.05, 0) is 38.4 Å². The molecule has 0 unspecified atom stereocenters. The van der Waals surface area contributed by atoms with E-state index < -0.39 is 0 Å². The van der Waals surface area contributed by atoms with E-state index in [4.69, 9.17) is 4.42 Å². The Bertz CT molecular complexity index is 793. The average Bonchev–Trinajstić information content (AvgIpc) is 3.09. The highest BCUT2D eigenvalue weighted by Gasteiger charge is 2.20. The van der Waals surface area contributed by atoms with Crippen molar-refractivity contribution in [1.82, 2.24) is 15.5 Å². The molecule has 1 fully saturated rings. The second-order valence-corrected chi connectivity index (χ2v) is 7.43. The molecule has 0 aliphatic carbocycles. The van der Waals surface area contributed by atoms with Crippen molar-refractivity contribution in [1.29, 1.82) is 0 Å². The van der Waals surface area contributed by atoms with Crippen molar-refractivity contribution in [2.24, 2.45) is 0 Å². The van der Waals surface area contributed by atoms with Crippen molar-refractivity contribution in [2.75, 3.05) is 32.7 Å². The molecule has 1 aliphatic heterocycles. The number of piperidine rings is 1. The lowest BCUT2D eigenvalue weighted by molar-refractivity contribution is -0.120. The van der Waals surface area contributed by atoms with Gasteiger partial charge < -0.3 is 20.0 Å². The summed E-state index contributed by atoms with van der Waals surface area (Å²) in [5.74, 6) is 0.293. The minimum atomic E-state index is -0.248. The monoisotopic (exact) mass is 385 g/mol. The van der Waals surface area contributed by atoms with E-state index in [1.54, 1.807) is 0 Å². The predicted octanol–water partition coefficient (Wildman–Crippen LogP) is 3.11. The van der Waals surface area contributed by atoms with Crippen molar-refractivity contribution in [3.05, 3.63) is 35.6 Å². The van der Waals surface area contributed by atoms with E-state index >= 15 is 0 Å². The van der Waals surface area contributed by atoms with Crippen molar-refractivity contribution >= 4 is 22.8 Å². The first kappa shape index (κ1) is 20.4. The van der Waals surface area contributed by atoms with Gasteiger partial charge in [0.2, 0.25) is 5.91 Å². The summed E-state index contributed by atoms with van der Waals surface area (Å²) in [4.78, 5) is 27.3. The van der Waals surface area contributed by atoms with Crippen LogP contribution in [0.15, 0.2) is 28.7 Å². The van der Waals surface area contributed by atoms with Crippen LogP contribution in [-0.2, 0) is 11.2 Å². The van der Waals surface area contributed by atoms with E-state index in [9.17, 15) is 9.59 Å². The summed E-state index contributed by atoms with van der Waals surface area (Å²) in [6.45, 7) is 5.79. The van der Waals surface area contributed by atoms with Crippen molar-refractivity contribution in [3.63, 3.8) is 0 Å². The van der Waals surface area contributed by atoms with Gasteiger partial charge in [-0.15, -0.1) is 0 Å². The highest BCUT2D eigenvalue weighted by molar-refractivity contribution is 6.08. The molecule has 0 saturated carbocycles. The van der Waals surface area contributed by atoms with Crippen LogP contribution < -0.4 is 10.6 Å². The lowest BCUT2D eigenvalue weighted by Crippen LogP contribution is -2.41. The zero-order valence-electron chi connectivity index (χ0n) is 16.8. The number of amides is 2. The number of hydrogen-bond donors (Lipinski definition) is 2. The highest BCUT2D eigenvalue weighted by atomic mass is 16.3. The molecule has 0 radical (unpaired) electrons. The molecule has 0 spiro atoms. The number of nitrogens with one attached hydrogen (secondary N) is 2. The first-order valence-electron chi connectivity index (χ1n) is 10.5. The molecular weight excluding hydrogens is 354 g/mol. The van der Waals surface area contributed by atoms with Crippen molar-refractivity contribution in [2.45, 2.75) is 45.4 Å². The lowest BCUT2D eigenvalue weighted by atomic mass is 10.1. The van der Waals surface area contributed by atoms with E-state index in [2.05, 4.69) is 22.5 Å². The van der Waals surface area contributed by atoms with Crippen LogP contribution in [0.1, 0.15) is 55.1 Å². The molecule has 6 nitrogen and oxygen atoms in total. The minimum absolute atomic E-state index is 0.0223. The largest absolute Gasteiger partial charge is 0.460 e. The maximum Gasteiger partial charge on any atom is 0.255 e.